The van der Waals surface area contributed by atoms with Gasteiger partial charge in [0.25, 0.3) is 0 Å². The quantitative estimate of drug-likeness (QED) is 0.899. The molecule has 1 amide bonds. The summed E-state index contributed by atoms with van der Waals surface area (Å²) in [5, 5.41) is 0. The molecule has 4 rings (SSSR count). The molecular weight excluding hydrogens is 342 g/mol. The van der Waals surface area contributed by atoms with Gasteiger partial charge < -0.3 is 14.6 Å². The van der Waals surface area contributed by atoms with E-state index in [-0.39, 0.29) is 17.7 Å². The lowest BCUT2D eigenvalue weighted by Gasteiger charge is -2.35. The topological polar surface area (TPSA) is 84.0 Å². The van der Waals surface area contributed by atoms with Crippen molar-refractivity contribution in [2.45, 2.75) is 45.4 Å². The maximum absolute atomic E-state index is 12.9. The molecule has 27 heavy (non-hydrogen) atoms. The van der Waals surface area contributed by atoms with Crippen molar-refractivity contribution >= 4 is 5.91 Å². The third kappa shape index (κ3) is 4.03. The Morgan fingerprint density at radius 3 is 2.78 bits per heavy atom. The van der Waals surface area contributed by atoms with Gasteiger partial charge in [-0.05, 0) is 45.6 Å². The van der Waals surface area contributed by atoms with E-state index in [1.54, 1.807) is 6.20 Å². The van der Waals surface area contributed by atoms with Crippen molar-refractivity contribution in [3.05, 3.63) is 29.5 Å². The second-order valence-corrected chi connectivity index (χ2v) is 7.68. The Kier molecular flexibility index (Phi) is 5.20. The summed E-state index contributed by atoms with van der Waals surface area (Å²) in [6.45, 7) is 6.89. The summed E-state index contributed by atoms with van der Waals surface area (Å²) in [6.07, 6.45) is 5.48. The first-order valence-electron chi connectivity index (χ1n) is 9.84. The summed E-state index contributed by atoms with van der Waals surface area (Å²) in [7, 11) is 0. The lowest BCUT2D eigenvalue weighted by Crippen LogP contribution is -2.44. The third-order valence-corrected chi connectivity index (χ3v) is 5.49. The number of aromatic amines is 1. The van der Waals surface area contributed by atoms with Crippen LogP contribution in [0.2, 0.25) is 0 Å². The van der Waals surface area contributed by atoms with E-state index >= 15 is 0 Å². The smallest absolute Gasteiger partial charge is 0.225 e. The molecule has 0 saturated carbocycles. The van der Waals surface area contributed by atoms with Crippen LogP contribution in [0.4, 0.5) is 0 Å². The van der Waals surface area contributed by atoms with Gasteiger partial charge in [0.05, 0.1) is 0 Å². The molecule has 0 radical (unpaired) electrons. The number of nitrogens with zero attached hydrogens (tertiary/aromatic N) is 4. The lowest BCUT2D eigenvalue weighted by molar-refractivity contribution is -0.139. The normalized spacial score (nSPS) is 21.4. The fourth-order valence-electron chi connectivity index (χ4n) is 4.03. The second-order valence-electron chi connectivity index (χ2n) is 7.68. The minimum Gasteiger partial charge on any atom is -0.381 e. The van der Waals surface area contributed by atoms with E-state index in [1.165, 1.54) is 0 Å². The molecule has 7 nitrogen and oxygen atoms in total. The maximum Gasteiger partial charge on any atom is 0.225 e. The van der Waals surface area contributed by atoms with Crippen molar-refractivity contribution in [2.75, 3.05) is 26.3 Å². The molecule has 0 unspecified atom stereocenters. The van der Waals surface area contributed by atoms with E-state index in [4.69, 9.17) is 9.72 Å². The van der Waals surface area contributed by atoms with Crippen molar-refractivity contribution in [3.8, 4) is 11.5 Å². The average Bonchev–Trinajstić information content (AvgIpc) is 3.14. The molecule has 4 heterocycles. The van der Waals surface area contributed by atoms with Crippen LogP contribution in [0.5, 0.6) is 0 Å². The van der Waals surface area contributed by atoms with Crippen LogP contribution in [0.1, 0.15) is 48.8 Å². The largest absolute Gasteiger partial charge is 0.381 e. The fraction of sp³-hybridized carbons (Fsp3) is 0.600. The number of rotatable bonds is 3. The molecule has 1 atom stereocenters. The number of amides is 1. The third-order valence-electron chi connectivity index (χ3n) is 5.49. The van der Waals surface area contributed by atoms with Crippen LogP contribution in [-0.4, -0.2) is 57.0 Å². The number of imidazole rings is 1. The standard InChI is InChI=1S/C20H27N5O2/c1-13-10-17(19-21-11-14(2)23-19)24-18(22-13)16-4-3-7-25(12-16)20(26)15-5-8-27-9-6-15/h10-11,15-16H,3-9,12H2,1-2H3,(H,21,23)/t16-/m1/s1. The van der Waals surface area contributed by atoms with Crippen LogP contribution in [-0.2, 0) is 9.53 Å². The molecular formula is C20H27N5O2. The van der Waals surface area contributed by atoms with E-state index in [1.807, 2.05) is 24.8 Å². The monoisotopic (exact) mass is 369 g/mol. The number of H-pyrrole nitrogens is 1. The van der Waals surface area contributed by atoms with Crippen LogP contribution in [0.15, 0.2) is 12.3 Å². The van der Waals surface area contributed by atoms with Gasteiger partial charge in [-0.3, -0.25) is 4.79 Å². The minimum atomic E-state index is 0.109. The number of nitrogens with one attached hydrogen (secondary N) is 1. The minimum absolute atomic E-state index is 0.109. The molecule has 2 aromatic heterocycles. The summed E-state index contributed by atoms with van der Waals surface area (Å²) in [4.78, 5) is 32.0. The number of hydrogen-bond acceptors (Lipinski definition) is 5. The van der Waals surface area contributed by atoms with Crippen LogP contribution >= 0.6 is 0 Å². The molecule has 2 aliphatic rings. The van der Waals surface area contributed by atoms with Crippen LogP contribution < -0.4 is 0 Å². The number of carbonyl (C=O) groups excluding carboxylic acids is 1. The number of aromatic nitrogens is 4. The SMILES string of the molecule is Cc1cc(-c2ncc(C)[nH]2)nc([C@@H]2CCCN(C(=O)C3CCOCC3)C2)n1. The van der Waals surface area contributed by atoms with Gasteiger partial charge in [-0.25, -0.2) is 15.0 Å². The highest BCUT2D eigenvalue weighted by Gasteiger charge is 2.31. The first-order valence-corrected chi connectivity index (χ1v) is 9.84. The van der Waals surface area contributed by atoms with Crippen LogP contribution in [0, 0.1) is 19.8 Å². The Balaban J connectivity index is 1.52. The summed E-state index contributed by atoms with van der Waals surface area (Å²) in [5.41, 5.74) is 2.75. The zero-order valence-electron chi connectivity index (χ0n) is 16.1. The number of piperidine rings is 1. The summed E-state index contributed by atoms with van der Waals surface area (Å²) >= 11 is 0. The van der Waals surface area contributed by atoms with E-state index in [0.29, 0.717) is 19.8 Å². The van der Waals surface area contributed by atoms with Crippen LogP contribution in [0.3, 0.4) is 0 Å². The number of likely N-dealkylation sites (tertiary alicyclic amines) is 1. The Morgan fingerprint density at radius 2 is 2.04 bits per heavy atom. The van der Waals surface area contributed by atoms with Gasteiger partial charge in [0.15, 0.2) is 5.82 Å². The van der Waals surface area contributed by atoms with E-state index in [0.717, 1.165) is 61.0 Å². The molecule has 2 aliphatic heterocycles. The molecule has 0 bridgehead atoms. The Labute approximate surface area is 159 Å². The zero-order valence-corrected chi connectivity index (χ0v) is 16.1. The first-order chi connectivity index (χ1) is 13.1. The second kappa shape index (κ2) is 7.76. The van der Waals surface area contributed by atoms with Crippen molar-refractivity contribution in [3.63, 3.8) is 0 Å². The molecule has 0 spiro atoms. The molecule has 2 fully saturated rings. The number of ether oxygens (including phenoxy) is 1. The number of aryl methyl sites for hydroxylation is 2. The van der Waals surface area contributed by atoms with Crippen molar-refractivity contribution in [1.82, 2.24) is 24.8 Å². The number of carbonyl (C=O) groups is 1. The highest BCUT2D eigenvalue weighted by Crippen LogP contribution is 2.28. The van der Waals surface area contributed by atoms with E-state index < -0.39 is 0 Å². The van der Waals surface area contributed by atoms with Gasteiger partial charge in [0.1, 0.15) is 11.5 Å². The molecule has 0 aromatic carbocycles. The van der Waals surface area contributed by atoms with Crippen molar-refractivity contribution in [2.24, 2.45) is 5.92 Å². The summed E-state index contributed by atoms with van der Waals surface area (Å²) in [5.74, 6) is 2.15. The van der Waals surface area contributed by atoms with E-state index in [2.05, 4.69) is 15.0 Å². The van der Waals surface area contributed by atoms with Gasteiger partial charge in [-0.1, -0.05) is 0 Å². The van der Waals surface area contributed by atoms with Gasteiger partial charge in [0, 0.05) is 55.7 Å². The predicted octanol–water partition coefficient (Wildman–Crippen LogP) is 2.62. The Bertz CT molecular complexity index is 812. The highest BCUT2D eigenvalue weighted by molar-refractivity contribution is 5.79. The van der Waals surface area contributed by atoms with E-state index in [9.17, 15) is 4.79 Å². The summed E-state index contributed by atoms with van der Waals surface area (Å²) in [6, 6.07) is 1.95. The predicted molar refractivity (Wildman–Crippen MR) is 101 cm³/mol. The fourth-order valence-corrected chi connectivity index (χ4v) is 4.03. The lowest BCUT2D eigenvalue weighted by atomic mass is 9.93. The summed E-state index contributed by atoms with van der Waals surface area (Å²) < 4.78 is 5.40. The van der Waals surface area contributed by atoms with Gasteiger partial charge in [-0.15, -0.1) is 0 Å². The molecule has 144 valence electrons. The molecule has 7 heteroatoms. The highest BCUT2D eigenvalue weighted by atomic mass is 16.5. The Hall–Kier alpha value is -2.28. The Morgan fingerprint density at radius 1 is 1.22 bits per heavy atom. The van der Waals surface area contributed by atoms with Crippen LogP contribution in [0.25, 0.3) is 11.5 Å². The van der Waals surface area contributed by atoms with Crippen molar-refractivity contribution < 1.29 is 9.53 Å². The van der Waals surface area contributed by atoms with Crippen molar-refractivity contribution in [1.29, 1.82) is 0 Å². The van der Waals surface area contributed by atoms with Gasteiger partial charge in [0.2, 0.25) is 5.91 Å². The van der Waals surface area contributed by atoms with Gasteiger partial charge >= 0.3 is 0 Å². The average molecular weight is 369 g/mol. The first kappa shape index (κ1) is 18.1. The molecule has 0 aliphatic carbocycles. The molecule has 1 N–H and O–H groups in total. The molecule has 2 aromatic rings. The van der Waals surface area contributed by atoms with Gasteiger partial charge in [-0.2, -0.15) is 0 Å². The number of hydrogen-bond donors (Lipinski definition) is 1. The maximum atomic E-state index is 12.9. The zero-order chi connectivity index (χ0) is 18.8. The molecule has 2 saturated heterocycles.